The number of hydrogen-bond acceptors (Lipinski definition) is 3. The molecular weight excluding hydrogens is 188 g/mol. The molecule has 2 aliphatic heterocycles. The highest BCUT2D eigenvalue weighted by Crippen LogP contribution is 2.39. The van der Waals surface area contributed by atoms with Gasteiger partial charge in [-0.1, -0.05) is 0 Å². The smallest absolute Gasteiger partial charge is 0.0594 e. The van der Waals surface area contributed by atoms with E-state index in [1.54, 1.807) is 0 Å². The molecule has 0 aromatic rings. The highest BCUT2D eigenvalue weighted by molar-refractivity contribution is 5.02. The molecule has 3 fully saturated rings. The maximum atomic E-state index is 5.43. The fourth-order valence-corrected chi connectivity index (χ4v) is 3.37. The van der Waals surface area contributed by atoms with E-state index in [1.165, 1.54) is 38.6 Å². The van der Waals surface area contributed by atoms with Crippen molar-refractivity contribution in [3.63, 3.8) is 0 Å². The van der Waals surface area contributed by atoms with E-state index in [2.05, 4.69) is 10.2 Å². The second-order valence-electron chi connectivity index (χ2n) is 5.36. The van der Waals surface area contributed by atoms with Gasteiger partial charge < -0.3 is 10.1 Å². The maximum Gasteiger partial charge on any atom is 0.0594 e. The zero-order valence-electron chi connectivity index (χ0n) is 9.50. The molecule has 0 aromatic heterocycles. The molecule has 1 N–H and O–H groups in total. The van der Waals surface area contributed by atoms with Crippen LogP contribution in [0.25, 0.3) is 0 Å². The minimum atomic E-state index is 0.543. The van der Waals surface area contributed by atoms with Gasteiger partial charge in [0.25, 0.3) is 0 Å². The Morgan fingerprint density at radius 3 is 2.67 bits per heavy atom. The summed E-state index contributed by atoms with van der Waals surface area (Å²) in [6.07, 6.45) is 6.97. The molecule has 0 radical (unpaired) electrons. The molecule has 2 heterocycles. The standard InChI is InChI=1S/C12H22N2O/c1-3-12(4-1)10-11(2-5-13-12)14-6-8-15-9-7-14/h11,13H,1-10H2. The molecule has 1 atom stereocenters. The topological polar surface area (TPSA) is 24.5 Å². The van der Waals surface area contributed by atoms with Gasteiger partial charge in [-0.2, -0.15) is 0 Å². The average molecular weight is 210 g/mol. The van der Waals surface area contributed by atoms with E-state index in [-0.39, 0.29) is 0 Å². The van der Waals surface area contributed by atoms with E-state index in [0.717, 1.165) is 32.3 Å². The Morgan fingerprint density at radius 1 is 1.20 bits per heavy atom. The van der Waals surface area contributed by atoms with Crippen molar-refractivity contribution in [3.8, 4) is 0 Å². The quantitative estimate of drug-likeness (QED) is 0.698. The molecule has 1 spiro atoms. The van der Waals surface area contributed by atoms with Crippen LogP contribution in [0.2, 0.25) is 0 Å². The second-order valence-corrected chi connectivity index (χ2v) is 5.36. The number of morpholine rings is 1. The molecule has 2 saturated heterocycles. The Bertz CT molecular complexity index is 222. The average Bonchev–Trinajstić information content (AvgIpc) is 2.28. The van der Waals surface area contributed by atoms with Gasteiger partial charge in [0.15, 0.2) is 0 Å². The van der Waals surface area contributed by atoms with Gasteiger partial charge in [-0.05, 0) is 38.6 Å². The summed E-state index contributed by atoms with van der Waals surface area (Å²) in [7, 11) is 0. The van der Waals surface area contributed by atoms with Crippen LogP contribution in [-0.2, 0) is 4.74 Å². The van der Waals surface area contributed by atoms with Crippen LogP contribution in [0.15, 0.2) is 0 Å². The molecule has 3 rings (SSSR count). The maximum absolute atomic E-state index is 5.43. The highest BCUT2D eigenvalue weighted by Gasteiger charge is 2.42. The van der Waals surface area contributed by atoms with E-state index in [4.69, 9.17) is 4.74 Å². The number of ether oxygens (including phenoxy) is 1. The first-order valence-electron chi connectivity index (χ1n) is 6.45. The van der Waals surface area contributed by atoms with E-state index in [9.17, 15) is 0 Å². The molecule has 1 aliphatic carbocycles. The van der Waals surface area contributed by atoms with Crippen molar-refractivity contribution in [2.24, 2.45) is 0 Å². The summed E-state index contributed by atoms with van der Waals surface area (Å²) in [5.74, 6) is 0. The molecule has 0 bridgehead atoms. The van der Waals surface area contributed by atoms with Crippen molar-refractivity contribution < 1.29 is 4.74 Å². The van der Waals surface area contributed by atoms with Gasteiger partial charge in [0.05, 0.1) is 13.2 Å². The lowest BCUT2D eigenvalue weighted by atomic mass is 9.70. The van der Waals surface area contributed by atoms with Crippen LogP contribution in [0, 0.1) is 0 Å². The van der Waals surface area contributed by atoms with Crippen molar-refractivity contribution in [2.45, 2.75) is 43.7 Å². The minimum Gasteiger partial charge on any atom is -0.379 e. The summed E-state index contributed by atoms with van der Waals surface area (Å²) in [4.78, 5) is 2.66. The first-order chi connectivity index (χ1) is 7.38. The molecular formula is C12H22N2O. The molecule has 15 heavy (non-hydrogen) atoms. The van der Waals surface area contributed by atoms with Gasteiger partial charge in [-0.25, -0.2) is 0 Å². The number of nitrogens with one attached hydrogen (secondary N) is 1. The summed E-state index contributed by atoms with van der Waals surface area (Å²) in [6.45, 7) is 5.41. The lowest BCUT2D eigenvalue weighted by Crippen LogP contribution is -2.60. The number of hydrogen-bond donors (Lipinski definition) is 1. The van der Waals surface area contributed by atoms with Crippen molar-refractivity contribution in [1.29, 1.82) is 0 Å². The normalized spacial score (nSPS) is 36.4. The zero-order valence-corrected chi connectivity index (χ0v) is 9.50. The first kappa shape index (κ1) is 10.1. The van der Waals surface area contributed by atoms with Crippen LogP contribution in [-0.4, -0.2) is 49.3 Å². The third-order valence-electron chi connectivity index (χ3n) is 4.48. The summed E-state index contributed by atoms with van der Waals surface area (Å²) in [6, 6.07) is 0.829. The Balaban J connectivity index is 1.60. The SMILES string of the molecule is C1CC2(C1)CC(N1CCOCC1)CCN2. The van der Waals surface area contributed by atoms with Gasteiger partial charge in [0.2, 0.25) is 0 Å². The number of rotatable bonds is 1. The first-order valence-corrected chi connectivity index (χ1v) is 6.45. The van der Waals surface area contributed by atoms with Crippen LogP contribution in [0.4, 0.5) is 0 Å². The Morgan fingerprint density at radius 2 is 2.00 bits per heavy atom. The molecule has 3 nitrogen and oxygen atoms in total. The lowest BCUT2D eigenvalue weighted by molar-refractivity contribution is -0.0115. The van der Waals surface area contributed by atoms with Gasteiger partial charge >= 0.3 is 0 Å². The predicted octanol–water partition coefficient (Wildman–Crippen LogP) is 0.993. The second kappa shape index (κ2) is 4.04. The summed E-state index contributed by atoms with van der Waals surface area (Å²) >= 11 is 0. The van der Waals surface area contributed by atoms with E-state index in [0.29, 0.717) is 5.54 Å². The fraction of sp³-hybridized carbons (Fsp3) is 1.00. The Kier molecular flexibility index (Phi) is 2.71. The van der Waals surface area contributed by atoms with Crippen molar-refractivity contribution in [1.82, 2.24) is 10.2 Å². The molecule has 1 unspecified atom stereocenters. The lowest BCUT2D eigenvalue weighted by Gasteiger charge is -2.51. The monoisotopic (exact) mass is 210 g/mol. The number of piperidine rings is 1. The van der Waals surface area contributed by atoms with Crippen molar-refractivity contribution >= 4 is 0 Å². The van der Waals surface area contributed by atoms with Crippen LogP contribution in [0.5, 0.6) is 0 Å². The third-order valence-corrected chi connectivity index (χ3v) is 4.48. The summed E-state index contributed by atoms with van der Waals surface area (Å²) in [5, 5.41) is 3.74. The Hall–Kier alpha value is -0.120. The van der Waals surface area contributed by atoms with E-state index >= 15 is 0 Å². The van der Waals surface area contributed by atoms with Crippen molar-refractivity contribution in [2.75, 3.05) is 32.8 Å². The van der Waals surface area contributed by atoms with Gasteiger partial charge in [0, 0.05) is 24.7 Å². The molecule has 0 aromatic carbocycles. The van der Waals surface area contributed by atoms with Gasteiger partial charge in [0.1, 0.15) is 0 Å². The van der Waals surface area contributed by atoms with E-state index in [1.807, 2.05) is 0 Å². The zero-order chi connectivity index (χ0) is 10.1. The van der Waals surface area contributed by atoms with Gasteiger partial charge in [-0.3, -0.25) is 4.90 Å². The van der Waals surface area contributed by atoms with Crippen LogP contribution in [0.3, 0.4) is 0 Å². The summed E-state index contributed by atoms with van der Waals surface area (Å²) in [5.41, 5.74) is 0.543. The largest absolute Gasteiger partial charge is 0.379 e. The molecule has 3 heteroatoms. The summed E-state index contributed by atoms with van der Waals surface area (Å²) < 4.78 is 5.43. The highest BCUT2D eigenvalue weighted by atomic mass is 16.5. The van der Waals surface area contributed by atoms with Crippen LogP contribution >= 0.6 is 0 Å². The molecule has 1 saturated carbocycles. The molecule has 86 valence electrons. The van der Waals surface area contributed by atoms with Crippen molar-refractivity contribution in [3.05, 3.63) is 0 Å². The number of nitrogens with zero attached hydrogens (tertiary/aromatic N) is 1. The fourth-order valence-electron chi connectivity index (χ4n) is 3.37. The van der Waals surface area contributed by atoms with Gasteiger partial charge in [-0.15, -0.1) is 0 Å². The molecule has 3 aliphatic rings. The van der Waals surface area contributed by atoms with E-state index < -0.39 is 0 Å². The predicted molar refractivity (Wildman–Crippen MR) is 60.0 cm³/mol. The van der Waals surface area contributed by atoms with Crippen LogP contribution < -0.4 is 5.32 Å². The Labute approximate surface area is 92.2 Å². The van der Waals surface area contributed by atoms with Crippen LogP contribution in [0.1, 0.15) is 32.1 Å². The third kappa shape index (κ3) is 1.93. The molecule has 0 amide bonds. The minimum absolute atomic E-state index is 0.543.